The lowest BCUT2D eigenvalue weighted by molar-refractivity contribution is -0.0327. The number of thioether (sulfide) groups is 1. The van der Waals surface area contributed by atoms with Crippen LogP contribution in [-0.2, 0) is 0 Å². The van der Waals surface area contributed by atoms with Crippen LogP contribution in [0.4, 0.5) is 13.2 Å². The maximum absolute atomic E-state index is 12.5. The van der Waals surface area contributed by atoms with Crippen molar-refractivity contribution in [2.45, 2.75) is 10.4 Å². The van der Waals surface area contributed by atoms with Crippen LogP contribution in [0.5, 0.6) is 0 Å². The summed E-state index contributed by atoms with van der Waals surface area (Å²) in [6.45, 7) is 0. The topological polar surface area (TPSA) is 0 Å². The SMILES string of the molecule is FC(F)(F)Sc1cccc2c1ccc1ccccc12. The van der Waals surface area contributed by atoms with E-state index in [0.717, 1.165) is 16.2 Å². The van der Waals surface area contributed by atoms with Crippen LogP contribution in [0.1, 0.15) is 0 Å². The van der Waals surface area contributed by atoms with Crippen molar-refractivity contribution in [3.05, 3.63) is 54.6 Å². The molecule has 0 spiro atoms. The quantitative estimate of drug-likeness (QED) is 0.412. The predicted molar refractivity (Wildman–Crippen MR) is 73.4 cm³/mol. The third kappa shape index (κ3) is 2.40. The summed E-state index contributed by atoms with van der Waals surface area (Å²) in [6.07, 6.45) is 0. The minimum absolute atomic E-state index is 0.0612. The van der Waals surface area contributed by atoms with Crippen LogP contribution < -0.4 is 0 Å². The van der Waals surface area contributed by atoms with Crippen LogP contribution in [0.15, 0.2) is 59.5 Å². The largest absolute Gasteiger partial charge is 0.446 e. The summed E-state index contributed by atoms with van der Waals surface area (Å²) in [5.41, 5.74) is -4.26. The molecule has 0 saturated heterocycles. The van der Waals surface area contributed by atoms with Crippen molar-refractivity contribution in [2.24, 2.45) is 0 Å². The van der Waals surface area contributed by atoms with Crippen molar-refractivity contribution in [3.63, 3.8) is 0 Å². The van der Waals surface area contributed by atoms with Crippen molar-refractivity contribution < 1.29 is 13.2 Å². The van der Waals surface area contributed by atoms with Crippen molar-refractivity contribution in [1.82, 2.24) is 0 Å². The number of alkyl halides is 3. The molecule has 0 bridgehead atoms. The van der Waals surface area contributed by atoms with Gasteiger partial charge in [0.25, 0.3) is 0 Å². The van der Waals surface area contributed by atoms with Crippen LogP contribution in [-0.4, -0.2) is 5.51 Å². The summed E-state index contributed by atoms with van der Waals surface area (Å²) in [5.74, 6) is 0. The van der Waals surface area contributed by atoms with Crippen LogP contribution in [0.3, 0.4) is 0 Å². The Morgan fingerprint density at radius 3 is 2.21 bits per heavy atom. The smallest absolute Gasteiger partial charge is 0.160 e. The number of fused-ring (bicyclic) bond motifs is 3. The van der Waals surface area contributed by atoms with Gasteiger partial charge < -0.3 is 0 Å². The molecule has 0 unspecified atom stereocenters. The Kier molecular flexibility index (Phi) is 2.90. The maximum atomic E-state index is 12.5. The molecule has 0 radical (unpaired) electrons. The molecule has 3 aromatic carbocycles. The Morgan fingerprint density at radius 1 is 0.684 bits per heavy atom. The molecular weight excluding hydrogens is 269 g/mol. The van der Waals surface area contributed by atoms with Crippen LogP contribution in [0.25, 0.3) is 21.5 Å². The average Bonchev–Trinajstić information content (AvgIpc) is 2.37. The zero-order valence-corrected chi connectivity index (χ0v) is 10.6. The van der Waals surface area contributed by atoms with E-state index in [1.54, 1.807) is 12.1 Å². The van der Waals surface area contributed by atoms with Crippen LogP contribution >= 0.6 is 11.8 Å². The van der Waals surface area contributed by atoms with E-state index in [1.807, 2.05) is 36.4 Å². The molecule has 0 fully saturated rings. The molecule has 0 saturated carbocycles. The fraction of sp³-hybridized carbons (Fsp3) is 0.0667. The fourth-order valence-electron chi connectivity index (χ4n) is 2.23. The zero-order chi connectivity index (χ0) is 13.5. The third-order valence-corrected chi connectivity index (χ3v) is 3.78. The average molecular weight is 278 g/mol. The Morgan fingerprint density at radius 2 is 1.42 bits per heavy atom. The molecular formula is C15H9F3S. The molecule has 3 rings (SSSR count). The highest BCUT2D eigenvalue weighted by molar-refractivity contribution is 8.00. The van der Waals surface area contributed by atoms with Crippen LogP contribution in [0.2, 0.25) is 0 Å². The lowest BCUT2D eigenvalue weighted by Gasteiger charge is -2.10. The molecule has 96 valence electrons. The number of hydrogen-bond acceptors (Lipinski definition) is 1. The summed E-state index contributed by atoms with van der Waals surface area (Å²) in [7, 11) is 0. The van der Waals surface area contributed by atoms with E-state index in [-0.39, 0.29) is 16.7 Å². The summed E-state index contributed by atoms with van der Waals surface area (Å²) in [5, 5.41) is 3.50. The molecule has 19 heavy (non-hydrogen) atoms. The summed E-state index contributed by atoms with van der Waals surface area (Å²) < 4.78 is 37.6. The van der Waals surface area contributed by atoms with Crippen molar-refractivity contribution >= 4 is 33.3 Å². The van der Waals surface area contributed by atoms with E-state index < -0.39 is 5.51 Å². The zero-order valence-electron chi connectivity index (χ0n) is 9.74. The molecule has 0 aliphatic carbocycles. The second-order valence-corrected chi connectivity index (χ2v) is 5.29. The lowest BCUT2D eigenvalue weighted by Crippen LogP contribution is -1.99. The molecule has 0 aliphatic heterocycles. The highest BCUT2D eigenvalue weighted by atomic mass is 32.2. The minimum atomic E-state index is -4.26. The molecule has 0 heterocycles. The third-order valence-electron chi connectivity index (χ3n) is 2.97. The Hall–Kier alpha value is -1.68. The molecule has 0 N–H and O–H groups in total. The first-order chi connectivity index (χ1) is 9.04. The summed E-state index contributed by atoms with van der Waals surface area (Å²) in [6, 6.07) is 16.4. The molecule has 0 amide bonds. The normalized spacial score (nSPS) is 12.2. The highest BCUT2D eigenvalue weighted by Crippen LogP contribution is 2.41. The van der Waals surface area contributed by atoms with Gasteiger partial charge in [0.1, 0.15) is 0 Å². The van der Waals surface area contributed by atoms with Gasteiger partial charge in [-0.2, -0.15) is 13.2 Å². The number of hydrogen-bond donors (Lipinski definition) is 0. The van der Waals surface area contributed by atoms with Gasteiger partial charge in [0.2, 0.25) is 0 Å². The van der Waals surface area contributed by atoms with Crippen molar-refractivity contribution in [2.75, 3.05) is 0 Å². The van der Waals surface area contributed by atoms with E-state index in [4.69, 9.17) is 0 Å². The Bertz CT molecular complexity index is 747. The number of halogens is 3. The second-order valence-electron chi connectivity index (χ2n) is 4.19. The van der Waals surface area contributed by atoms with Gasteiger partial charge in [-0.15, -0.1) is 0 Å². The molecule has 0 nitrogen and oxygen atoms in total. The van der Waals surface area contributed by atoms with Gasteiger partial charge >= 0.3 is 5.51 Å². The molecule has 4 heteroatoms. The van der Waals surface area contributed by atoms with Gasteiger partial charge in [-0.25, -0.2) is 0 Å². The molecule has 3 aromatic rings. The Balaban J connectivity index is 2.29. The van der Waals surface area contributed by atoms with Gasteiger partial charge in [0.15, 0.2) is 0 Å². The number of benzene rings is 3. The highest BCUT2D eigenvalue weighted by Gasteiger charge is 2.29. The molecule has 0 aromatic heterocycles. The van der Waals surface area contributed by atoms with E-state index in [1.165, 1.54) is 6.07 Å². The summed E-state index contributed by atoms with van der Waals surface area (Å²) >= 11 is -0.0612. The van der Waals surface area contributed by atoms with Gasteiger partial charge in [-0.3, -0.25) is 0 Å². The van der Waals surface area contributed by atoms with Gasteiger partial charge in [-0.1, -0.05) is 48.5 Å². The van der Waals surface area contributed by atoms with E-state index >= 15 is 0 Å². The second kappa shape index (κ2) is 4.46. The van der Waals surface area contributed by atoms with E-state index in [9.17, 15) is 13.2 Å². The first kappa shape index (κ1) is 12.4. The van der Waals surface area contributed by atoms with Gasteiger partial charge in [-0.05, 0) is 39.4 Å². The van der Waals surface area contributed by atoms with Gasteiger partial charge in [0, 0.05) is 4.90 Å². The minimum Gasteiger partial charge on any atom is -0.160 e. The lowest BCUT2D eigenvalue weighted by atomic mass is 10.0. The monoisotopic (exact) mass is 278 g/mol. The first-order valence-electron chi connectivity index (χ1n) is 5.71. The predicted octanol–water partition coefficient (Wildman–Crippen LogP) is 5.60. The van der Waals surface area contributed by atoms with Crippen molar-refractivity contribution in [3.8, 4) is 0 Å². The van der Waals surface area contributed by atoms with E-state index in [2.05, 4.69) is 0 Å². The Labute approximate surface area is 112 Å². The maximum Gasteiger partial charge on any atom is 0.446 e. The standard InChI is InChI=1S/C15H9F3S/c16-15(17,18)19-14-7-3-6-12-11-5-2-1-4-10(11)8-9-13(12)14/h1-9H. The van der Waals surface area contributed by atoms with Gasteiger partial charge in [0.05, 0.1) is 0 Å². The van der Waals surface area contributed by atoms with Crippen molar-refractivity contribution in [1.29, 1.82) is 0 Å². The van der Waals surface area contributed by atoms with E-state index in [0.29, 0.717) is 5.39 Å². The number of rotatable bonds is 1. The molecule has 0 aliphatic rings. The fourth-order valence-corrected chi connectivity index (χ4v) is 2.91. The first-order valence-corrected chi connectivity index (χ1v) is 6.52. The summed E-state index contributed by atoms with van der Waals surface area (Å²) in [4.78, 5) is 0.246. The van der Waals surface area contributed by atoms with Crippen LogP contribution in [0, 0.1) is 0 Å². The molecule has 0 atom stereocenters.